The number of nitrogens with zero attached hydrogens (tertiary/aromatic N) is 2. The molecule has 1 heterocycles. The molecule has 104 valence electrons. The monoisotopic (exact) mass is 271 g/mol. The van der Waals surface area contributed by atoms with Gasteiger partial charge in [-0.05, 0) is 38.2 Å². The Morgan fingerprint density at radius 2 is 2.22 bits per heavy atom. The van der Waals surface area contributed by atoms with Crippen LogP contribution in [0.4, 0.5) is 5.95 Å². The van der Waals surface area contributed by atoms with Crippen molar-refractivity contribution in [3.63, 3.8) is 0 Å². The summed E-state index contributed by atoms with van der Waals surface area (Å²) in [6.45, 7) is 4.79. The van der Waals surface area contributed by atoms with Crippen molar-refractivity contribution in [3.8, 4) is 0 Å². The highest BCUT2D eigenvalue weighted by atomic mass is 32.2. The minimum atomic E-state index is 0.792. The predicted molar refractivity (Wildman–Crippen MR) is 79.6 cm³/mol. The first-order valence-corrected chi connectivity index (χ1v) is 7.93. The fraction of sp³-hybridized carbons (Fsp3) is 0.769. The molecule has 0 aliphatic carbocycles. The normalized spacial score (nSPS) is 10.8. The number of anilines is 1. The third kappa shape index (κ3) is 5.78. The van der Waals surface area contributed by atoms with Gasteiger partial charge in [0.2, 0.25) is 5.95 Å². The smallest absolute Gasteiger partial charge is 0.203 e. The largest absolute Gasteiger partial charge is 0.385 e. The van der Waals surface area contributed by atoms with Crippen molar-refractivity contribution in [1.82, 2.24) is 9.55 Å². The average Bonchev–Trinajstić information content (AvgIpc) is 2.71. The fourth-order valence-electron chi connectivity index (χ4n) is 1.80. The van der Waals surface area contributed by atoms with Gasteiger partial charge in [0.1, 0.15) is 0 Å². The summed E-state index contributed by atoms with van der Waals surface area (Å²) in [5.41, 5.74) is 1.08. The number of imidazole rings is 1. The summed E-state index contributed by atoms with van der Waals surface area (Å²) in [6, 6.07) is 0. The number of methoxy groups -OCH3 is 1. The maximum absolute atomic E-state index is 5.04. The van der Waals surface area contributed by atoms with Crippen molar-refractivity contribution in [1.29, 1.82) is 0 Å². The zero-order valence-corrected chi connectivity index (χ0v) is 12.6. The van der Waals surface area contributed by atoms with Gasteiger partial charge < -0.3 is 14.6 Å². The van der Waals surface area contributed by atoms with Crippen LogP contribution >= 0.6 is 11.8 Å². The van der Waals surface area contributed by atoms with Gasteiger partial charge in [0.15, 0.2) is 0 Å². The Morgan fingerprint density at radius 3 is 2.94 bits per heavy atom. The number of hydrogen-bond acceptors (Lipinski definition) is 4. The Kier molecular flexibility index (Phi) is 7.93. The zero-order valence-electron chi connectivity index (χ0n) is 11.7. The van der Waals surface area contributed by atoms with Gasteiger partial charge >= 0.3 is 0 Å². The summed E-state index contributed by atoms with van der Waals surface area (Å²) >= 11 is 1.91. The second-order valence-corrected chi connectivity index (χ2v) is 5.36. The van der Waals surface area contributed by atoms with Crippen molar-refractivity contribution in [2.24, 2.45) is 0 Å². The molecule has 0 aliphatic heterocycles. The highest BCUT2D eigenvalue weighted by molar-refractivity contribution is 7.98. The van der Waals surface area contributed by atoms with E-state index in [1.807, 2.05) is 18.7 Å². The van der Waals surface area contributed by atoms with Crippen LogP contribution in [-0.4, -0.2) is 41.8 Å². The molecular formula is C13H25N3OS. The van der Waals surface area contributed by atoms with E-state index < -0.39 is 0 Å². The number of nitrogens with one attached hydrogen (secondary N) is 1. The lowest BCUT2D eigenvalue weighted by atomic mass is 10.3. The average molecular weight is 271 g/mol. The fourth-order valence-corrected chi connectivity index (χ4v) is 2.30. The maximum atomic E-state index is 5.04. The van der Waals surface area contributed by atoms with Crippen molar-refractivity contribution in [2.75, 3.05) is 37.6 Å². The number of rotatable bonds is 10. The summed E-state index contributed by atoms with van der Waals surface area (Å²) < 4.78 is 7.26. The summed E-state index contributed by atoms with van der Waals surface area (Å²) in [4.78, 5) is 4.51. The molecule has 5 heteroatoms. The van der Waals surface area contributed by atoms with E-state index in [0.717, 1.165) is 37.8 Å². The molecule has 1 rings (SSSR count). The van der Waals surface area contributed by atoms with Gasteiger partial charge in [-0.1, -0.05) is 0 Å². The third-order valence-corrected chi connectivity index (χ3v) is 3.40. The van der Waals surface area contributed by atoms with E-state index in [2.05, 4.69) is 27.3 Å². The molecule has 0 atom stereocenters. The number of aryl methyl sites for hydroxylation is 2. The summed E-state index contributed by atoms with van der Waals surface area (Å²) in [6.07, 6.45) is 7.77. The molecule has 0 radical (unpaired) electrons. The van der Waals surface area contributed by atoms with Crippen molar-refractivity contribution in [3.05, 3.63) is 11.9 Å². The van der Waals surface area contributed by atoms with Crippen LogP contribution < -0.4 is 5.32 Å². The molecule has 0 spiro atoms. The minimum Gasteiger partial charge on any atom is -0.385 e. The molecule has 1 N–H and O–H groups in total. The molecule has 0 unspecified atom stereocenters. The van der Waals surface area contributed by atoms with Gasteiger partial charge in [0.05, 0.1) is 5.69 Å². The van der Waals surface area contributed by atoms with Crippen molar-refractivity contribution in [2.45, 2.75) is 32.7 Å². The quantitative estimate of drug-likeness (QED) is 0.664. The van der Waals surface area contributed by atoms with Crippen LogP contribution in [0.5, 0.6) is 0 Å². The number of unbranched alkanes of at least 4 members (excludes halogenated alkanes) is 1. The van der Waals surface area contributed by atoms with Gasteiger partial charge in [-0.2, -0.15) is 11.8 Å². The van der Waals surface area contributed by atoms with E-state index in [4.69, 9.17) is 4.74 Å². The number of hydrogen-bond donors (Lipinski definition) is 1. The van der Waals surface area contributed by atoms with Crippen LogP contribution in [0.3, 0.4) is 0 Å². The van der Waals surface area contributed by atoms with Gasteiger partial charge in [0, 0.05) is 33.0 Å². The number of thioether (sulfide) groups is 1. The van der Waals surface area contributed by atoms with E-state index in [0.29, 0.717) is 0 Å². The van der Waals surface area contributed by atoms with E-state index in [1.54, 1.807) is 7.11 Å². The summed E-state index contributed by atoms with van der Waals surface area (Å²) in [7, 11) is 1.73. The molecule has 0 fully saturated rings. The molecule has 1 aromatic heterocycles. The van der Waals surface area contributed by atoms with Crippen LogP contribution in [-0.2, 0) is 11.3 Å². The maximum Gasteiger partial charge on any atom is 0.203 e. The lowest BCUT2D eigenvalue weighted by Crippen LogP contribution is -2.10. The molecule has 4 nitrogen and oxygen atoms in total. The van der Waals surface area contributed by atoms with Crippen LogP contribution in [0.1, 0.15) is 25.0 Å². The van der Waals surface area contributed by atoms with E-state index in [-0.39, 0.29) is 0 Å². The van der Waals surface area contributed by atoms with Crippen LogP contribution in [0.25, 0.3) is 0 Å². The molecule has 0 bridgehead atoms. The highest BCUT2D eigenvalue weighted by Crippen LogP contribution is 2.11. The molecule has 18 heavy (non-hydrogen) atoms. The van der Waals surface area contributed by atoms with Crippen molar-refractivity contribution >= 4 is 17.7 Å². The lowest BCUT2D eigenvalue weighted by molar-refractivity contribution is 0.197. The Balaban J connectivity index is 2.36. The number of ether oxygens (including phenoxy) is 1. The minimum absolute atomic E-state index is 0.792. The first-order chi connectivity index (χ1) is 8.77. The standard InChI is InChI=1S/C13H25N3OS/c1-12-11-16(8-4-5-10-18-3)13(15-12)14-7-6-9-17-2/h11H,4-10H2,1-3H3,(H,14,15). The lowest BCUT2D eigenvalue weighted by Gasteiger charge is -2.09. The highest BCUT2D eigenvalue weighted by Gasteiger charge is 2.04. The molecule has 1 aromatic rings. The Hall–Kier alpha value is -0.680. The predicted octanol–water partition coefficient (Wildman–Crippen LogP) is 2.78. The van der Waals surface area contributed by atoms with Gasteiger partial charge in [0.25, 0.3) is 0 Å². The first-order valence-electron chi connectivity index (χ1n) is 6.53. The molecule has 0 amide bonds. The van der Waals surface area contributed by atoms with Crippen LogP contribution in [0.2, 0.25) is 0 Å². The zero-order chi connectivity index (χ0) is 13.2. The Labute approximate surface area is 115 Å². The molecule has 0 saturated heterocycles. The van der Waals surface area contributed by atoms with Crippen molar-refractivity contribution < 1.29 is 4.74 Å². The Bertz CT molecular complexity index is 299. The summed E-state index contributed by atoms with van der Waals surface area (Å²) in [5.74, 6) is 2.23. The molecular weight excluding hydrogens is 246 g/mol. The molecule has 0 aliphatic rings. The SMILES string of the molecule is COCCCNc1nc(C)cn1CCCCSC. The van der Waals surface area contributed by atoms with E-state index >= 15 is 0 Å². The third-order valence-electron chi connectivity index (χ3n) is 2.70. The molecule has 0 saturated carbocycles. The summed E-state index contributed by atoms with van der Waals surface area (Å²) in [5, 5.41) is 3.38. The van der Waals surface area contributed by atoms with Gasteiger partial charge in [-0.15, -0.1) is 0 Å². The number of aromatic nitrogens is 2. The van der Waals surface area contributed by atoms with Gasteiger partial charge in [-0.3, -0.25) is 0 Å². The second-order valence-electron chi connectivity index (χ2n) is 4.37. The first kappa shape index (κ1) is 15.4. The topological polar surface area (TPSA) is 39.1 Å². The van der Waals surface area contributed by atoms with Gasteiger partial charge in [-0.25, -0.2) is 4.98 Å². The van der Waals surface area contributed by atoms with Crippen LogP contribution in [0.15, 0.2) is 6.20 Å². The molecule has 0 aromatic carbocycles. The second kappa shape index (κ2) is 9.28. The van der Waals surface area contributed by atoms with E-state index in [1.165, 1.54) is 18.6 Å². The van der Waals surface area contributed by atoms with E-state index in [9.17, 15) is 0 Å². The van der Waals surface area contributed by atoms with Crippen LogP contribution in [0, 0.1) is 6.92 Å². The Morgan fingerprint density at radius 1 is 1.39 bits per heavy atom.